The van der Waals surface area contributed by atoms with Gasteiger partial charge in [0.2, 0.25) is 0 Å². The molecule has 4 nitrogen and oxygen atoms in total. The van der Waals surface area contributed by atoms with Crippen LogP contribution in [0, 0.1) is 17.3 Å². The van der Waals surface area contributed by atoms with Crippen LogP contribution in [0.2, 0.25) is 0 Å². The van der Waals surface area contributed by atoms with Crippen molar-refractivity contribution in [1.82, 2.24) is 4.98 Å². The van der Waals surface area contributed by atoms with Crippen LogP contribution in [0.25, 0.3) is 16.3 Å². The molecule has 2 N–H and O–H groups in total. The number of rotatable bonds is 1. The zero-order valence-corrected chi connectivity index (χ0v) is 19.3. The number of aromatic nitrogens is 1. The lowest BCUT2D eigenvalue weighted by Crippen LogP contribution is -2.57. The maximum Gasteiger partial charge on any atom is 0.104 e. The first-order valence-electron chi connectivity index (χ1n) is 12.4. The van der Waals surface area contributed by atoms with Crippen molar-refractivity contribution in [2.75, 3.05) is 0 Å². The van der Waals surface area contributed by atoms with Crippen molar-refractivity contribution in [2.45, 2.75) is 69.4 Å². The summed E-state index contributed by atoms with van der Waals surface area (Å²) in [6, 6.07) is 8.82. The van der Waals surface area contributed by atoms with Crippen molar-refractivity contribution in [2.24, 2.45) is 17.3 Å². The molecule has 170 valence electrons. The van der Waals surface area contributed by atoms with E-state index >= 15 is 0 Å². The minimum Gasteiger partial charge on any atom is -0.390 e. The lowest BCUT2D eigenvalue weighted by atomic mass is 9.58. The van der Waals surface area contributed by atoms with Gasteiger partial charge in [-0.25, -0.2) is 0 Å². The molecule has 3 heterocycles. The summed E-state index contributed by atoms with van der Waals surface area (Å²) in [4.78, 5) is 4.32. The lowest BCUT2D eigenvalue weighted by molar-refractivity contribution is -0.158. The van der Waals surface area contributed by atoms with Crippen molar-refractivity contribution in [3.63, 3.8) is 0 Å². The maximum absolute atomic E-state index is 10.9. The summed E-state index contributed by atoms with van der Waals surface area (Å²) in [5.74, 6) is 0.400. The molecule has 1 saturated carbocycles. The molecule has 33 heavy (non-hydrogen) atoms. The number of benzene rings is 1. The van der Waals surface area contributed by atoms with Crippen molar-refractivity contribution in [1.29, 1.82) is 0 Å². The number of allylic oxidation sites excluding steroid dienone is 3. The van der Waals surface area contributed by atoms with E-state index in [0.717, 1.165) is 37.7 Å². The average Bonchev–Trinajstić information content (AvgIpc) is 3.33. The fourth-order valence-electron chi connectivity index (χ4n) is 7.99. The molecule has 0 radical (unpaired) electrons. The molecule has 2 bridgehead atoms. The first-order chi connectivity index (χ1) is 15.9. The number of pyridine rings is 1. The molecule has 1 aromatic heterocycles. The fourth-order valence-corrected chi connectivity index (χ4v) is 7.99. The van der Waals surface area contributed by atoms with Crippen LogP contribution in [0.4, 0.5) is 0 Å². The zero-order chi connectivity index (χ0) is 22.6. The summed E-state index contributed by atoms with van der Waals surface area (Å²) >= 11 is 0. The monoisotopic (exact) mass is 441 g/mol. The van der Waals surface area contributed by atoms with E-state index in [4.69, 9.17) is 4.74 Å². The van der Waals surface area contributed by atoms with Gasteiger partial charge >= 0.3 is 0 Å². The molecular weight excluding hydrogens is 410 g/mol. The smallest absolute Gasteiger partial charge is 0.104 e. The molecule has 4 heteroatoms. The molecule has 7 rings (SSSR count). The molecule has 2 aromatic rings. The van der Waals surface area contributed by atoms with Crippen molar-refractivity contribution < 1.29 is 14.9 Å². The van der Waals surface area contributed by atoms with Crippen LogP contribution in [-0.4, -0.2) is 38.6 Å². The standard InChI is InChI=1S/C29H31NO3/c1-17-15-28-10-11-29(33-28)21(14-23(28)26(32)25(17)31)7-9-27(2)22(5-6-24(27)29)19-4-3-18-8-12-30-16-20(18)13-19/h3-5,7-8,12-14,16-17,24-26,31-32H,6,9-11,15H2,1-2H3/t17-,24+,25+,26+,27+,28+,29+/m0/s1. The predicted molar refractivity (Wildman–Crippen MR) is 128 cm³/mol. The SMILES string of the molecule is C[C@H]1C[C@@]23CC[C@@]4(O2)C(=CC[C@]2(C)C(c5ccc6ccncc6c5)=CC[C@H]24)C=C3[C@@H](O)[C@@H]1O. The van der Waals surface area contributed by atoms with Gasteiger partial charge in [-0.2, -0.15) is 0 Å². The van der Waals surface area contributed by atoms with Gasteiger partial charge in [0.1, 0.15) is 6.10 Å². The Labute approximate surface area is 194 Å². The van der Waals surface area contributed by atoms with Crippen LogP contribution in [0.3, 0.4) is 0 Å². The van der Waals surface area contributed by atoms with E-state index in [0.29, 0.717) is 5.92 Å². The van der Waals surface area contributed by atoms with Crippen LogP contribution in [-0.2, 0) is 4.74 Å². The largest absolute Gasteiger partial charge is 0.390 e. The second-order valence-electron chi connectivity index (χ2n) is 11.3. The highest BCUT2D eigenvalue weighted by Gasteiger charge is 2.66. The maximum atomic E-state index is 10.9. The van der Waals surface area contributed by atoms with Gasteiger partial charge in [0, 0.05) is 29.1 Å². The van der Waals surface area contributed by atoms with Crippen LogP contribution >= 0.6 is 0 Å². The zero-order valence-electron chi connectivity index (χ0n) is 19.3. The van der Waals surface area contributed by atoms with E-state index in [9.17, 15) is 10.2 Å². The van der Waals surface area contributed by atoms with Crippen molar-refractivity contribution in [3.8, 4) is 0 Å². The second-order valence-corrected chi connectivity index (χ2v) is 11.3. The fraction of sp³-hybridized carbons (Fsp3) is 0.483. The third-order valence-electron chi connectivity index (χ3n) is 9.68. The summed E-state index contributed by atoms with van der Waals surface area (Å²) in [6.45, 7) is 4.45. The number of nitrogens with zero attached hydrogens (tertiary/aromatic N) is 1. The Morgan fingerprint density at radius 1 is 1.09 bits per heavy atom. The Hall–Kier alpha value is -2.27. The Morgan fingerprint density at radius 3 is 2.85 bits per heavy atom. The quantitative estimate of drug-likeness (QED) is 0.656. The Morgan fingerprint density at radius 2 is 1.97 bits per heavy atom. The van der Waals surface area contributed by atoms with Gasteiger partial charge in [0.25, 0.3) is 0 Å². The highest BCUT2D eigenvalue weighted by molar-refractivity contribution is 5.87. The number of hydrogen-bond acceptors (Lipinski definition) is 4. The van der Waals surface area contributed by atoms with E-state index in [1.807, 2.05) is 19.3 Å². The van der Waals surface area contributed by atoms with Crippen molar-refractivity contribution >= 4 is 16.3 Å². The van der Waals surface area contributed by atoms with Gasteiger partial charge in [-0.15, -0.1) is 0 Å². The molecular formula is C29H31NO3. The summed E-state index contributed by atoms with van der Waals surface area (Å²) in [5, 5.41) is 23.9. The van der Waals surface area contributed by atoms with Crippen LogP contribution < -0.4 is 0 Å². The highest BCUT2D eigenvalue weighted by Crippen LogP contribution is 2.67. The Kier molecular flexibility index (Phi) is 3.93. The van der Waals surface area contributed by atoms with Crippen LogP contribution in [0.15, 0.2) is 66.0 Å². The van der Waals surface area contributed by atoms with E-state index < -0.39 is 17.8 Å². The number of fused-ring (bicyclic) bond motifs is 2. The topological polar surface area (TPSA) is 62.6 Å². The molecule has 0 unspecified atom stereocenters. The lowest BCUT2D eigenvalue weighted by Gasteiger charge is -2.55. The van der Waals surface area contributed by atoms with E-state index in [2.05, 4.69) is 54.4 Å². The average molecular weight is 442 g/mol. The first kappa shape index (κ1) is 20.1. The number of ether oxygens (including phenoxy) is 1. The minimum absolute atomic E-state index is 0.00860. The normalized spacial score (nSPS) is 43.3. The van der Waals surface area contributed by atoms with Crippen LogP contribution in [0.5, 0.6) is 0 Å². The van der Waals surface area contributed by atoms with E-state index in [1.165, 1.54) is 27.5 Å². The predicted octanol–water partition coefficient (Wildman–Crippen LogP) is 4.96. The Balaban J connectivity index is 1.32. The molecule has 3 aliphatic carbocycles. The van der Waals surface area contributed by atoms with Gasteiger partial charge in [0.15, 0.2) is 0 Å². The van der Waals surface area contributed by atoms with E-state index in [-0.39, 0.29) is 16.9 Å². The summed E-state index contributed by atoms with van der Waals surface area (Å²) in [6.07, 6.45) is 13.9. The highest BCUT2D eigenvalue weighted by atomic mass is 16.5. The van der Waals surface area contributed by atoms with Gasteiger partial charge in [-0.1, -0.05) is 44.2 Å². The van der Waals surface area contributed by atoms with Crippen molar-refractivity contribution in [3.05, 3.63) is 71.6 Å². The van der Waals surface area contributed by atoms with Crippen LogP contribution in [0.1, 0.15) is 51.5 Å². The van der Waals surface area contributed by atoms with Gasteiger partial charge in [-0.3, -0.25) is 4.98 Å². The minimum atomic E-state index is -0.831. The number of hydrogen-bond donors (Lipinski definition) is 2. The van der Waals surface area contributed by atoms with Gasteiger partial charge < -0.3 is 14.9 Å². The molecule has 1 saturated heterocycles. The molecule has 2 fully saturated rings. The van der Waals surface area contributed by atoms with E-state index in [1.54, 1.807) is 0 Å². The molecule has 2 aliphatic heterocycles. The Bertz CT molecular complexity index is 1280. The number of aliphatic hydroxyl groups excluding tert-OH is 2. The summed E-state index contributed by atoms with van der Waals surface area (Å²) in [7, 11) is 0. The molecule has 0 amide bonds. The summed E-state index contributed by atoms with van der Waals surface area (Å²) in [5.41, 5.74) is 4.14. The summed E-state index contributed by atoms with van der Waals surface area (Å²) < 4.78 is 7.15. The third-order valence-corrected chi connectivity index (χ3v) is 9.68. The first-order valence-corrected chi connectivity index (χ1v) is 12.4. The van der Waals surface area contributed by atoms with Gasteiger partial charge in [-0.05, 0) is 77.8 Å². The second kappa shape index (κ2) is 6.44. The number of aliphatic hydroxyl groups is 2. The molecule has 2 spiro atoms. The molecule has 7 atom stereocenters. The molecule has 5 aliphatic rings. The molecule has 1 aromatic carbocycles. The third kappa shape index (κ3) is 2.44. The van der Waals surface area contributed by atoms with Gasteiger partial charge in [0.05, 0.1) is 17.3 Å².